The van der Waals surface area contributed by atoms with Crippen LogP contribution in [0.4, 0.5) is 0 Å². The second-order valence-corrected chi connectivity index (χ2v) is 5.70. The topological polar surface area (TPSA) is 4.93 Å². The molecule has 0 aliphatic carbocycles. The summed E-state index contributed by atoms with van der Waals surface area (Å²) in [7, 11) is 0. The van der Waals surface area contributed by atoms with Gasteiger partial charge in [-0.15, -0.1) is 0 Å². The first-order valence-electron chi connectivity index (χ1n) is 6.09. The Bertz CT molecular complexity index is 494. The SMILES string of the molecule is CCc1cc(-c2ccc(C(C)C)cc2)cn1I. The average molecular weight is 339 g/mol. The van der Waals surface area contributed by atoms with Crippen LogP contribution in [-0.2, 0) is 6.42 Å². The largest absolute Gasteiger partial charge is 0.294 e. The van der Waals surface area contributed by atoms with Gasteiger partial charge in [0.2, 0.25) is 0 Å². The van der Waals surface area contributed by atoms with Gasteiger partial charge in [-0.25, -0.2) is 0 Å². The van der Waals surface area contributed by atoms with Gasteiger partial charge in [0.05, 0.1) is 22.9 Å². The molecule has 0 saturated carbocycles. The van der Waals surface area contributed by atoms with E-state index >= 15 is 0 Å². The van der Waals surface area contributed by atoms with Crippen molar-refractivity contribution in [1.82, 2.24) is 2.78 Å². The predicted octanol–water partition coefficient (Wildman–Crippen LogP) is 5.04. The van der Waals surface area contributed by atoms with Crippen molar-refractivity contribution in [1.29, 1.82) is 0 Å². The number of nitrogens with zero attached hydrogens (tertiary/aromatic N) is 1. The number of halogens is 1. The average Bonchev–Trinajstić information content (AvgIpc) is 2.70. The molecule has 0 radical (unpaired) electrons. The molecule has 0 amide bonds. The molecule has 90 valence electrons. The van der Waals surface area contributed by atoms with Gasteiger partial charge >= 0.3 is 0 Å². The van der Waals surface area contributed by atoms with Crippen LogP contribution in [0.15, 0.2) is 36.5 Å². The third kappa shape index (κ3) is 2.73. The maximum Gasteiger partial charge on any atom is 0.0637 e. The van der Waals surface area contributed by atoms with Crippen LogP contribution in [0.1, 0.15) is 37.9 Å². The number of benzene rings is 1. The van der Waals surface area contributed by atoms with E-state index in [2.05, 4.69) is 82.9 Å². The molecule has 0 saturated heterocycles. The molecule has 0 atom stereocenters. The van der Waals surface area contributed by atoms with Crippen LogP contribution < -0.4 is 0 Å². The van der Waals surface area contributed by atoms with Crippen LogP contribution >= 0.6 is 22.9 Å². The van der Waals surface area contributed by atoms with Crippen LogP contribution in [-0.4, -0.2) is 2.78 Å². The Hall–Kier alpha value is -0.770. The molecule has 2 aromatic rings. The number of hydrogen-bond acceptors (Lipinski definition) is 0. The van der Waals surface area contributed by atoms with E-state index in [1.54, 1.807) is 0 Å². The van der Waals surface area contributed by atoms with Crippen molar-refractivity contribution >= 4 is 22.9 Å². The number of rotatable bonds is 3. The zero-order valence-corrected chi connectivity index (χ0v) is 12.7. The lowest BCUT2D eigenvalue weighted by atomic mass is 10.00. The highest BCUT2D eigenvalue weighted by Crippen LogP contribution is 2.25. The fourth-order valence-corrected chi connectivity index (χ4v) is 2.74. The van der Waals surface area contributed by atoms with Gasteiger partial charge in [-0.2, -0.15) is 0 Å². The molecule has 2 heteroatoms. The minimum Gasteiger partial charge on any atom is -0.294 e. The zero-order valence-electron chi connectivity index (χ0n) is 10.6. The summed E-state index contributed by atoms with van der Waals surface area (Å²) in [6, 6.07) is 11.2. The predicted molar refractivity (Wildman–Crippen MR) is 82.8 cm³/mol. The maximum atomic E-state index is 2.34. The third-order valence-corrected chi connectivity index (χ3v) is 4.02. The van der Waals surface area contributed by atoms with Crippen molar-refractivity contribution in [2.45, 2.75) is 33.1 Å². The summed E-state index contributed by atoms with van der Waals surface area (Å²) in [4.78, 5) is 0. The number of aromatic nitrogens is 1. The van der Waals surface area contributed by atoms with Crippen molar-refractivity contribution in [3.05, 3.63) is 47.8 Å². The Morgan fingerprint density at radius 2 is 1.76 bits per heavy atom. The summed E-state index contributed by atoms with van der Waals surface area (Å²) in [5.74, 6) is 0.601. The van der Waals surface area contributed by atoms with Gasteiger partial charge in [0, 0.05) is 17.5 Å². The molecule has 1 heterocycles. The zero-order chi connectivity index (χ0) is 12.4. The van der Waals surface area contributed by atoms with Crippen molar-refractivity contribution in [3.63, 3.8) is 0 Å². The van der Waals surface area contributed by atoms with Gasteiger partial charge in [0.25, 0.3) is 0 Å². The highest BCUT2D eigenvalue weighted by atomic mass is 127. The summed E-state index contributed by atoms with van der Waals surface area (Å²) in [5.41, 5.74) is 5.39. The first kappa shape index (κ1) is 12.7. The minimum absolute atomic E-state index is 0.601. The quantitative estimate of drug-likeness (QED) is 0.691. The summed E-state index contributed by atoms with van der Waals surface area (Å²) in [5, 5.41) is 0. The molecule has 17 heavy (non-hydrogen) atoms. The molecule has 1 nitrogen and oxygen atoms in total. The maximum absolute atomic E-state index is 2.34. The number of hydrogen-bond donors (Lipinski definition) is 0. The molecule has 1 aromatic heterocycles. The summed E-state index contributed by atoms with van der Waals surface area (Å²) in [6.07, 6.45) is 3.27. The monoisotopic (exact) mass is 339 g/mol. The minimum atomic E-state index is 0.601. The van der Waals surface area contributed by atoms with E-state index in [9.17, 15) is 0 Å². The van der Waals surface area contributed by atoms with E-state index in [-0.39, 0.29) is 0 Å². The van der Waals surface area contributed by atoms with Gasteiger partial charge < -0.3 is 0 Å². The van der Waals surface area contributed by atoms with E-state index < -0.39 is 0 Å². The molecule has 2 rings (SSSR count). The normalized spacial score (nSPS) is 11.1. The molecule has 0 spiro atoms. The van der Waals surface area contributed by atoms with Gasteiger partial charge in [0.1, 0.15) is 0 Å². The molecule has 0 N–H and O–H groups in total. The fraction of sp³-hybridized carbons (Fsp3) is 0.333. The Balaban J connectivity index is 2.33. The number of aryl methyl sites for hydroxylation is 1. The van der Waals surface area contributed by atoms with E-state index in [0.29, 0.717) is 5.92 Å². The van der Waals surface area contributed by atoms with Crippen LogP contribution in [0.25, 0.3) is 11.1 Å². The Morgan fingerprint density at radius 3 is 2.24 bits per heavy atom. The van der Waals surface area contributed by atoms with Crippen LogP contribution in [0.5, 0.6) is 0 Å². The highest BCUT2D eigenvalue weighted by molar-refractivity contribution is 14.1. The lowest BCUT2D eigenvalue weighted by Gasteiger charge is -2.05. The van der Waals surface area contributed by atoms with Gasteiger partial charge in [0.15, 0.2) is 0 Å². The second-order valence-electron chi connectivity index (χ2n) is 4.66. The molecular formula is C15H18IN. The van der Waals surface area contributed by atoms with Gasteiger partial charge in [-0.1, -0.05) is 45.0 Å². The smallest absolute Gasteiger partial charge is 0.0637 e. The summed E-state index contributed by atoms with van der Waals surface area (Å²) in [6.45, 7) is 6.65. The standard InChI is InChI=1S/C15H18IN/c1-4-15-9-14(10-17(15)16)13-7-5-12(6-8-13)11(2)3/h5-11H,4H2,1-3H3. The van der Waals surface area contributed by atoms with Crippen LogP contribution in [0.2, 0.25) is 0 Å². The molecule has 0 aliphatic rings. The summed E-state index contributed by atoms with van der Waals surface area (Å²) >= 11 is 2.34. The molecule has 0 fully saturated rings. The molecular weight excluding hydrogens is 321 g/mol. The second kappa shape index (κ2) is 5.25. The van der Waals surface area contributed by atoms with Crippen LogP contribution in [0.3, 0.4) is 0 Å². The first-order valence-corrected chi connectivity index (χ1v) is 7.06. The first-order chi connectivity index (χ1) is 8.11. The van der Waals surface area contributed by atoms with E-state index in [4.69, 9.17) is 0 Å². The van der Waals surface area contributed by atoms with Gasteiger partial charge in [-0.05, 0) is 29.5 Å². The molecule has 0 bridgehead atoms. The molecule has 1 aromatic carbocycles. The van der Waals surface area contributed by atoms with Gasteiger partial charge in [-0.3, -0.25) is 2.78 Å². The molecule has 0 unspecified atom stereocenters. The van der Waals surface area contributed by atoms with Crippen molar-refractivity contribution in [2.75, 3.05) is 0 Å². The van der Waals surface area contributed by atoms with Crippen molar-refractivity contribution < 1.29 is 0 Å². The third-order valence-electron chi connectivity index (χ3n) is 3.12. The Kier molecular flexibility index (Phi) is 3.92. The van der Waals surface area contributed by atoms with E-state index in [0.717, 1.165) is 6.42 Å². The fourth-order valence-electron chi connectivity index (χ4n) is 1.95. The van der Waals surface area contributed by atoms with Crippen molar-refractivity contribution in [3.8, 4) is 11.1 Å². The summed E-state index contributed by atoms with van der Waals surface area (Å²) < 4.78 is 2.18. The highest BCUT2D eigenvalue weighted by Gasteiger charge is 2.05. The Labute approximate surface area is 117 Å². The van der Waals surface area contributed by atoms with Crippen LogP contribution in [0, 0.1) is 0 Å². The lowest BCUT2D eigenvalue weighted by molar-refractivity contribution is 0.867. The Morgan fingerprint density at radius 1 is 1.12 bits per heavy atom. The van der Waals surface area contributed by atoms with E-state index in [1.165, 1.54) is 22.4 Å². The lowest BCUT2D eigenvalue weighted by Crippen LogP contribution is -1.86. The van der Waals surface area contributed by atoms with Crippen molar-refractivity contribution in [2.24, 2.45) is 0 Å². The van der Waals surface area contributed by atoms with E-state index in [1.807, 2.05) is 0 Å². The molecule has 0 aliphatic heterocycles.